The van der Waals surface area contributed by atoms with Crippen LogP contribution in [0.4, 0.5) is 0 Å². The van der Waals surface area contributed by atoms with Gasteiger partial charge in [-0.1, -0.05) is 12.1 Å². The molecule has 3 nitrogen and oxygen atoms in total. The highest BCUT2D eigenvalue weighted by atomic mass is 14.9. The van der Waals surface area contributed by atoms with E-state index in [1.807, 2.05) is 12.3 Å². The maximum atomic E-state index is 5.88. The number of rotatable bonds is 5. The lowest BCUT2D eigenvalue weighted by atomic mass is 10.0. The molecule has 0 radical (unpaired) electrons. The fraction of sp³-hybridized carbons (Fsp3) is 0.400. The van der Waals surface area contributed by atoms with Gasteiger partial charge in [-0.2, -0.15) is 0 Å². The van der Waals surface area contributed by atoms with Gasteiger partial charge in [-0.05, 0) is 49.1 Å². The summed E-state index contributed by atoms with van der Waals surface area (Å²) in [5.74, 6) is 0.876. The zero-order chi connectivity index (χ0) is 12.4. The topological polar surface area (TPSA) is 50.9 Å². The van der Waals surface area contributed by atoms with Gasteiger partial charge in [0.25, 0.3) is 0 Å². The average molecular weight is 241 g/mol. The number of benzene rings is 1. The Morgan fingerprint density at radius 1 is 1.33 bits per heavy atom. The first-order valence-electron chi connectivity index (χ1n) is 6.65. The van der Waals surface area contributed by atoms with Gasteiger partial charge in [-0.15, -0.1) is 0 Å². The number of hydrogen-bond donors (Lipinski definition) is 2. The van der Waals surface area contributed by atoms with Crippen molar-refractivity contribution >= 4 is 10.9 Å². The lowest BCUT2D eigenvalue weighted by Gasteiger charge is -2.17. The molecule has 1 unspecified atom stereocenters. The fourth-order valence-electron chi connectivity index (χ4n) is 2.28. The third-order valence-electron chi connectivity index (χ3n) is 3.61. The Morgan fingerprint density at radius 2 is 2.22 bits per heavy atom. The summed E-state index contributed by atoms with van der Waals surface area (Å²) in [5.41, 5.74) is 8.18. The lowest BCUT2D eigenvalue weighted by molar-refractivity contribution is 0.522. The van der Waals surface area contributed by atoms with Gasteiger partial charge in [0.1, 0.15) is 0 Å². The maximum Gasteiger partial charge on any atom is 0.0702 e. The van der Waals surface area contributed by atoms with Crippen LogP contribution in [0.3, 0.4) is 0 Å². The molecule has 1 aromatic heterocycles. The predicted octanol–water partition coefficient (Wildman–Crippen LogP) is 2.23. The van der Waals surface area contributed by atoms with Crippen LogP contribution in [0.25, 0.3) is 10.9 Å². The fourth-order valence-corrected chi connectivity index (χ4v) is 2.28. The minimum Gasteiger partial charge on any atom is -0.329 e. The number of aromatic nitrogens is 1. The van der Waals surface area contributed by atoms with E-state index in [1.165, 1.54) is 23.8 Å². The van der Waals surface area contributed by atoms with E-state index in [0.717, 1.165) is 18.0 Å². The molecule has 0 bridgehead atoms. The summed E-state index contributed by atoms with van der Waals surface area (Å²) in [4.78, 5) is 4.34. The van der Waals surface area contributed by atoms with Crippen LogP contribution in [0.2, 0.25) is 0 Å². The van der Waals surface area contributed by atoms with E-state index in [2.05, 4.69) is 34.6 Å². The number of fused-ring (bicyclic) bond motifs is 1. The van der Waals surface area contributed by atoms with Gasteiger partial charge < -0.3 is 11.1 Å². The quantitative estimate of drug-likeness (QED) is 0.844. The van der Waals surface area contributed by atoms with E-state index in [9.17, 15) is 0 Å². The number of nitrogens with two attached hydrogens (primary N) is 1. The van der Waals surface area contributed by atoms with Gasteiger partial charge in [0.15, 0.2) is 0 Å². The molecular formula is C15H19N3. The van der Waals surface area contributed by atoms with E-state index in [1.54, 1.807) is 0 Å². The van der Waals surface area contributed by atoms with Gasteiger partial charge >= 0.3 is 0 Å². The second-order valence-corrected chi connectivity index (χ2v) is 5.10. The molecule has 0 spiro atoms. The van der Waals surface area contributed by atoms with Gasteiger partial charge in [0, 0.05) is 24.2 Å². The maximum absolute atomic E-state index is 5.88. The number of pyridine rings is 1. The summed E-state index contributed by atoms with van der Waals surface area (Å²) in [7, 11) is 0. The third kappa shape index (κ3) is 2.52. The van der Waals surface area contributed by atoms with E-state index in [-0.39, 0.29) is 6.04 Å². The molecule has 3 rings (SSSR count). The molecule has 0 amide bonds. The van der Waals surface area contributed by atoms with Crippen molar-refractivity contribution in [2.75, 3.05) is 13.1 Å². The van der Waals surface area contributed by atoms with Crippen molar-refractivity contribution in [2.24, 2.45) is 11.7 Å². The van der Waals surface area contributed by atoms with Crippen molar-refractivity contribution in [3.8, 4) is 0 Å². The summed E-state index contributed by atoms with van der Waals surface area (Å²) in [6.07, 6.45) is 4.56. The molecule has 1 heterocycles. The number of hydrogen-bond acceptors (Lipinski definition) is 3. The summed E-state index contributed by atoms with van der Waals surface area (Å²) in [5, 5.41) is 4.75. The number of nitrogens with zero attached hydrogens (tertiary/aromatic N) is 1. The van der Waals surface area contributed by atoms with Crippen LogP contribution < -0.4 is 11.1 Å². The Kier molecular flexibility index (Phi) is 3.26. The molecule has 94 valence electrons. The van der Waals surface area contributed by atoms with Crippen LogP contribution in [-0.4, -0.2) is 18.1 Å². The second-order valence-electron chi connectivity index (χ2n) is 5.10. The molecule has 1 saturated carbocycles. The van der Waals surface area contributed by atoms with Crippen molar-refractivity contribution in [3.63, 3.8) is 0 Å². The molecule has 1 aliphatic carbocycles. The third-order valence-corrected chi connectivity index (χ3v) is 3.61. The normalized spacial score (nSPS) is 16.9. The average Bonchev–Trinajstić information content (AvgIpc) is 3.23. The van der Waals surface area contributed by atoms with Crippen molar-refractivity contribution < 1.29 is 0 Å². The molecule has 0 saturated heterocycles. The zero-order valence-corrected chi connectivity index (χ0v) is 10.5. The summed E-state index contributed by atoms with van der Waals surface area (Å²) in [6.45, 7) is 1.73. The molecule has 0 aliphatic heterocycles. The Balaban J connectivity index is 1.81. The minimum atomic E-state index is 0.259. The van der Waals surface area contributed by atoms with Crippen LogP contribution in [0.5, 0.6) is 0 Å². The lowest BCUT2D eigenvalue weighted by Crippen LogP contribution is -2.29. The molecule has 1 aliphatic rings. The van der Waals surface area contributed by atoms with Crippen LogP contribution in [0.1, 0.15) is 24.4 Å². The van der Waals surface area contributed by atoms with E-state index in [4.69, 9.17) is 5.73 Å². The molecule has 1 atom stereocenters. The highest BCUT2D eigenvalue weighted by Gasteiger charge is 2.22. The Morgan fingerprint density at radius 3 is 3.00 bits per heavy atom. The van der Waals surface area contributed by atoms with Crippen molar-refractivity contribution in [2.45, 2.75) is 18.9 Å². The van der Waals surface area contributed by atoms with E-state index >= 15 is 0 Å². The van der Waals surface area contributed by atoms with Gasteiger partial charge in [0.05, 0.1) is 5.52 Å². The molecule has 3 N–H and O–H groups in total. The minimum absolute atomic E-state index is 0.259. The highest BCUT2D eigenvalue weighted by molar-refractivity contribution is 5.79. The first kappa shape index (κ1) is 11.6. The first-order chi connectivity index (χ1) is 8.86. The molecule has 1 aromatic carbocycles. The highest BCUT2D eigenvalue weighted by Crippen LogP contribution is 2.28. The Labute approximate surface area is 107 Å². The van der Waals surface area contributed by atoms with E-state index < -0.39 is 0 Å². The standard InChI is InChI=1S/C15H19N3/c16-9-15(18-10-11-3-4-11)13-5-6-14-12(8-13)2-1-7-17-14/h1-2,5-8,11,15,18H,3-4,9-10,16H2. The molecule has 2 aromatic rings. The van der Waals surface area contributed by atoms with Gasteiger partial charge in [0.2, 0.25) is 0 Å². The summed E-state index contributed by atoms with van der Waals surface area (Å²) < 4.78 is 0. The predicted molar refractivity (Wildman–Crippen MR) is 74.3 cm³/mol. The van der Waals surface area contributed by atoms with E-state index in [0.29, 0.717) is 6.54 Å². The summed E-state index contributed by atoms with van der Waals surface area (Å²) >= 11 is 0. The van der Waals surface area contributed by atoms with Crippen molar-refractivity contribution in [1.29, 1.82) is 0 Å². The van der Waals surface area contributed by atoms with Crippen LogP contribution >= 0.6 is 0 Å². The summed E-state index contributed by atoms with van der Waals surface area (Å²) in [6, 6.07) is 10.7. The largest absolute Gasteiger partial charge is 0.329 e. The first-order valence-corrected chi connectivity index (χ1v) is 6.65. The molecule has 1 fully saturated rings. The van der Waals surface area contributed by atoms with Crippen molar-refractivity contribution in [1.82, 2.24) is 10.3 Å². The van der Waals surface area contributed by atoms with Gasteiger partial charge in [-0.3, -0.25) is 4.98 Å². The molecule has 3 heteroatoms. The molecule has 18 heavy (non-hydrogen) atoms. The SMILES string of the molecule is NCC(NCC1CC1)c1ccc2ncccc2c1. The van der Waals surface area contributed by atoms with Crippen molar-refractivity contribution in [3.05, 3.63) is 42.1 Å². The monoisotopic (exact) mass is 241 g/mol. The smallest absolute Gasteiger partial charge is 0.0702 e. The van der Waals surface area contributed by atoms with Crippen LogP contribution in [0.15, 0.2) is 36.5 Å². The molecular weight excluding hydrogens is 222 g/mol. The van der Waals surface area contributed by atoms with Crippen LogP contribution in [0, 0.1) is 5.92 Å². The second kappa shape index (κ2) is 5.04. The zero-order valence-electron chi connectivity index (χ0n) is 10.5. The number of nitrogens with one attached hydrogen (secondary N) is 1. The van der Waals surface area contributed by atoms with Crippen LogP contribution in [-0.2, 0) is 0 Å². The van der Waals surface area contributed by atoms with Gasteiger partial charge in [-0.25, -0.2) is 0 Å². The Hall–Kier alpha value is -1.45. The Bertz CT molecular complexity index is 534.